The number of carbonyl (C=O) groups excluding carboxylic acids is 1. The third-order valence-corrected chi connectivity index (χ3v) is 4.16. The van der Waals surface area contributed by atoms with Crippen LogP contribution in [0.3, 0.4) is 0 Å². The molecule has 25 heavy (non-hydrogen) atoms. The first-order chi connectivity index (χ1) is 12.1. The molecule has 0 spiro atoms. The second kappa shape index (κ2) is 7.72. The van der Waals surface area contributed by atoms with Crippen molar-refractivity contribution < 1.29 is 14.3 Å². The van der Waals surface area contributed by atoms with E-state index >= 15 is 0 Å². The molecule has 0 fully saturated rings. The van der Waals surface area contributed by atoms with Crippen LogP contribution in [0.4, 0.5) is 0 Å². The fraction of sp³-hybridized carbons (Fsp3) is 0.158. The number of carbonyl (C=O) groups is 1. The van der Waals surface area contributed by atoms with E-state index in [2.05, 4.69) is 4.99 Å². The number of hydrogen-bond donors (Lipinski definition) is 0. The summed E-state index contributed by atoms with van der Waals surface area (Å²) < 4.78 is 10.8. The summed E-state index contributed by atoms with van der Waals surface area (Å²) in [6, 6.07) is 12.4. The van der Waals surface area contributed by atoms with Crippen molar-refractivity contribution in [2.75, 3.05) is 6.61 Å². The van der Waals surface area contributed by atoms with Gasteiger partial charge in [0.15, 0.2) is 5.70 Å². The van der Waals surface area contributed by atoms with Crippen molar-refractivity contribution in [1.82, 2.24) is 0 Å². The Morgan fingerprint density at radius 3 is 2.76 bits per heavy atom. The number of hydrogen-bond acceptors (Lipinski definition) is 4. The van der Waals surface area contributed by atoms with Crippen molar-refractivity contribution in [3.8, 4) is 5.75 Å². The molecular formula is C19H15Cl2NO3. The van der Waals surface area contributed by atoms with Crippen molar-refractivity contribution in [2.24, 2.45) is 4.99 Å². The minimum absolute atomic E-state index is 0.202. The fourth-order valence-electron chi connectivity index (χ4n) is 2.23. The SMILES string of the molecule is CCCOc1cccc(/C=C2\N=C(c3ccc(Cl)c(Cl)c3)OC2=O)c1. The predicted octanol–water partition coefficient (Wildman–Crippen LogP) is 5.13. The quantitative estimate of drug-likeness (QED) is 0.537. The van der Waals surface area contributed by atoms with Crippen LogP contribution in [0.1, 0.15) is 24.5 Å². The number of cyclic esters (lactones) is 1. The van der Waals surface area contributed by atoms with Crippen molar-refractivity contribution in [3.63, 3.8) is 0 Å². The number of nitrogens with zero attached hydrogens (tertiary/aromatic N) is 1. The molecule has 0 radical (unpaired) electrons. The average Bonchev–Trinajstić information content (AvgIpc) is 2.96. The van der Waals surface area contributed by atoms with Gasteiger partial charge in [0.1, 0.15) is 5.75 Å². The van der Waals surface area contributed by atoms with Gasteiger partial charge >= 0.3 is 5.97 Å². The van der Waals surface area contributed by atoms with E-state index in [9.17, 15) is 4.79 Å². The lowest BCUT2D eigenvalue weighted by atomic mass is 10.2. The van der Waals surface area contributed by atoms with Crippen LogP contribution in [0.2, 0.25) is 10.0 Å². The summed E-state index contributed by atoms with van der Waals surface area (Å²) in [5, 5.41) is 0.797. The second-order valence-electron chi connectivity index (χ2n) is 5.39. The number of aliphatic imine (C=N–C) groups is 1. The van der Waals surface area contributed by atoms with Crippen LogP contribution >= 0.6 is 23.2 Å². The molecule has 0 aromatic heterocycles. The minimum atomic E-state index is -0.513. The van der Waals surface area contributed by atoms with Crippen molar-refractivity contribution in [2.45, 2.75) is 13.3 Å². The smallest absolute Gasteiger partial charge is 0.363 e. The van der Waals surface area contributed by atoms with Gasteiger partial charge in [-0.3, -0.25) is 0 Å². The lowest BCUT2D eigenvalue weighted by Crippen LogP contribution is -2.05. The molecule has 0 aliphatic carbocycles. The number of rotatable bonds is 5. The standard InChI is InChI=1S/C19H15Cl2NO3/c1-2-8-24-14-5-3-4-12(9-14)10-17-19(23)25-18(22-17)13-6-7-15(20)16(21)11-13/h3-7,9-11H,2,8H2,1H3/b17-10-. The normalized spacial score (nSPS) is 15.2. The van der Waals surface area contributed by atoms with Crippen LogP contribution in [0.15, 0.2) is 53.2 Å². The van der Waals surface area contributed by atoms with E-state index in [0.717, 1.165) is 17.7 Å². The molecule has 3 rings (SSSR count). The Hall–Kier alpha value is -2.30. The zero-order valence-electron chi connectivity index (χ0n) is 13.5. The summed E-state index contributed by atoms with van der Waals surface area (Å²) in [6.45, 7) is 2.68. The van der Waals surface area contributed by atoms with Crippen LogP contribution in [0.25, 0.3) is 6.08 Å². The fourth-order valence-corrected chi connectivity index (χ4v) is 2.53. The van der Waals surface area contributed by atoms with Gasteiger partial charge in [0, 0.05) is 5.56 Å². The van der Waals surface area contributed by atoms with E-state index in [1.54, 1.807) is 24.3 Å². The van der Waals surface area contributed by atoms with Gasteiger partial charge in [-0.2, -0.15) is 0 Å². The maximum absolute atomic E-state index is 12.1. The minimum Gasteiger partial charge on any atom is -0.494 e. The molecule has 6 heteroatoms. The van der Waals surface area contributed by atoms with Crippen molar-refractivity contribution in [1.29, 1.82) is 0 Å². The van der Waals surface area contributed by atoms with Gasteiger partial charge in [0.25, 0.3) is 0 Å². The Morgan fingerprint density at radius 1 is 1.16 bits per heavy atom. The van der Waals surface area contributed by atoms with Gasteiger partial charge in [-0.1, -0.05) is 42.3 Å². The van der Waals surface area contributed by atoms with E-state index in [1.807, 2.05) is 31.2 Å². The molecule has 1 aliphatic rings. The topological polar surface area (TPSA) is 47.9 Å². The third-order valence-electron chi connectivity index (χ3n) is 3.42. The van der Waals surface area contributed by atoms with E-state index in [-0.39, 0.29) is 11.6 Å². The molecular weight excluding hydrogens is 361 g/mol. The number of ether oxygens (including phenoxy) is 2. The monoisotopic (exact) mass is 375 g/mol. The molecule has 128 valence electrons. The van der Waals surface area contributed by atoms with Crippen molar-refractivity contribution >= 4 is 41.1 Å². The summed E-state index contributed by atoms with van der Waals surface area (Å²) in [5.74, 6) is 0.436. The first kappa shape index (κ1) is 17.5. The molecule has 1 aliphatic heterocycles. The molecule has 0 saturated carbocycles. The highest BCUT2D eigenvalue weighted by molar-refractivity contribution is 6.42. The summed E-state index contributed by atoms with van der Waals surface area (Å²) >= 11 is 11.9. The van der Waals surface area contributed by atoms with Gasteiger partial charge in [-0.05, 0) is 48.4 Å². The lowest BCUT2D eigenvalue weighted by Gasteiger charge is -2.04. The molecule has 1 heterocycles. The number of halogens is 2. The lowest BCUT2D eigenvalue weighted by molar-refractivity contribution is -0.129. The van der Waals surface area contributed by atoms with E-state index in [0.29, 0.717) is 22.2 Å². The van der Waals surface area contributed by atoms with Gasteiger partial charge in [-0.25, -0.2) is 9.79 Å². The van der Waals surface area contributed by atoms with Crippen LogP contribution in [-0.4, -0.2) is 18.5 Å². The van der Waals surface area contributed by atoms with Gasteiger partial charge in [0.05, 0.1) is 16.7 Å². The third kappa shape index (κ3) is 4.21. The van der Waals surface area contributed by atoms with Gasteiger partial charge < -0.3 is 9.47 Å². The molecule has 0 N–H and O–H groups in total. The highest BCUT2D eigenvalue weighted by Crippen LogP contribution is 2.26. The van der Waals surface area contributed by atoms with Crippen LogP contribution in [0, 0.1) is 0 Å². The van der Waals surface area contributed by atoms with Crippen LogP contribution in [0.5, 0.6) is 5.75 Å². The van der Waals surface area contributed by atoms with E-state index in [4.69, 9.17) is 32.7 Å². The summed E-state index contributed by atoms with van der Waals surface area (Å²) in [6.07, 6.45) is 2.58. The molecule has 0 amide bonds. The predicted molar refractivity (Wildman–Crippen MR) is 99.3 cm³/mol. The highest BCUT2D eigenvalue weighted by Gasteiger charge is 2.24. The Bertz CT molecular complexity index is 875. The van der Waals surface area contributed by atoms with E-state index < -0.39 is 5.97 Å². The average molecular weight is 376 g/mol. The summed E-state index contributed by atoms with van der Waals surface area (Å²) in [7, 11) is 0. The Labute approximate surface area is 155 Å². The van der Waals surface area contributed by atoms with Gasteiger partial charge in [-0.15, -0.1) is 0 Å². The summed E-state index contributed by atoms with van der Waals surface area (Å²) in [4.78, 5) is 16.3. The first-order valence-corrected chi connectivity index (χ1v) is 8.53. The van der Waals surface area contributed by atoms with Gasteiger partial charge in [0.2, 0.25) is 5.90 Å². The zero-order chi connectivity index (χ0) is 17.8. The molecule has 0 saturated heterocycles. The Kier molecular flexibility index (Phi) is 5.41. The molecule has 0 atom stereocenters. The number of esters is 1. The maximum atomic E-state index is 12.1. The largest absolute Gasteiger partial charge is 0.494 e. The first-order valence-electron chi connectivity index (χ1n) is 7.77. The molecule has 2 aromatic carbocycles. The van der Waals surface area contributed by atoms with Crippen LogP contribution in [-0.2, 0) is 9.53 Å². The second-order valence-corrected chi connectivity index (χ2v) is 6.20. The number of benzene rings is 2. The highest BCUT2D eigenvalue weighted by atomic mass is 35.5. The summed E-state index contributed by atoms with van der Waals surface area (Å²) in [5.41, 5.74) is 1.61. The molecule has 4 nitrogen and oxygen atoms in total. The maximum Gasteiger partial charge on any atom is 0.363 e. The molecule has 0 unspecified atom stereocenters. The molecule has 2 aromatic rings. The van der Waals surface area contributed by atoms with Crippen LogP contribution < -0.4 is 4.74 Å². The Balaban J connectivity index is 1.86. The van der Waals surface area contributed by atoms with E-state index in [1.165, 1.54) is 0 Å². The molecule has 0 bridgehead atoms. The van der Waals surface area contributed by atoms with Crippen molar-refractivity contribution in [3.05, 3.63) is 69.3 Å². The zero-order valence-corrected chi connectivity index (χ0v) is 15.0. The Morgan fingerprint density at radius 2 is 2.00 bits per heavy atom.